The van der Waals surface area contributed by atoms with Gasteiger partial charge < -0.3 is 15.5 Å². The molecular formula is C17H23N3O2. The first-order valence-corrected chi connectivity index (χ1v) is 7.46. The Hall–Kier alpha value is -2.14. The number of carbonyl (C=O) groups is 1. The second kappa shape index (κ2) is 6.75. The molecule has 0 radical (unpaired) electrons. The van der Waals surface area contributed by atoms with Crippen molar-refractivity contribution in [3.8, 4) is 11.5 Å². The van der Waals surface area contributed by atoms with Gasteiger partial charge in [-0.3, -0.25) is 4.79 Å². The van der Waals surface area contributed by atoms with E-state index in [1.165, 1.54) is 0 Å². The minimum Gasteiger partial charge on any atom is -0.444 e. The summed E-state index contributed by atoms with van der Waals surface area (Å²) in [5.41, 5.74) is 9.32. The Morgan fingerprint density at radius 3 is 2.68 bits per heavy atom. The summed E-state index contributed by atoms with van der Waals surface area (Å²) in [6.07, 6.45) is 2.27. The van der Waals surface area contributed by atoms with Crippen molar-refractivity contribution in [2.24, 2.45) is 11.7 Å². The van der Waals surface area contributed by atoms with Crippen LogP contribution < -0.4 is 11.1 Å². The monoisotopic (exact) mass is 301 g/mol. The Kier molecular flexibility index (Phi) is 4.98. The summed E-state index contributed by atoms with van der Waals surface area (Å²) < 4.78 is 5.44. The van der Waals surface area contributed by atoms with Crippen LogP contribution in [0.15, 0.2) is 28.9 Å². The summed E-state index contributed by atoms with van der Waals surface area (Å²) in [4.78, 5) is 16.4. The second-order valence-corrected chi connectivity index (χ2v) is 6.05. The number of oxazole rings is 1. The maximum absolute atomic E-state index is 12.1. The third-order valence-corrected chi connectivity index (χ3v) is 3.42. The highest BCUT2D eigenvalue weighted by molar-refractivity contribution is 5.95. The molecule has 0 bridgehead atoms. The van der Waals surface area contributed by atoms with Crippen LogP contribution in [0, 0.1) is 19.8 Å². The van der Waals surface area contributed by atoms with Crippen LogP contribution in [-0.2, 0) is 4.79 Å². The van der Waals surface area contributed by atoms with Gasteiger partial charge in [-0.1, -0.05) is 19.9 Å². The number of aryl methyl sites for hydroxylation is 2. The first-order valence-electron chi connectivity index (χ1n) is 7.46. The summed E-state index contributed by atoms with van der Waals surface area (Å²) in [5.74, 6) is 0.759. The zero-order valence-electron chi connectivity index (χ0n) is 13.5. The van der Waals surface area contributed by atoms with E-state index in [0.29, 0.717) is 23.9 Å². The fourth-order valence-electron chi connectivity index (χ4n) is 2.26. The molecule has 0 saturated heterocycles. The van der Waals surface area contributed by atoms with E-state index in [-0.39, 0.29) is 5.91 Å². The van der Waals surface area contributed by atoms with Crippen molar-refractivity contribution >= 4 is 11.6 Å². The summed E-state index contributed by atoms with van der Waals surface area (Å²) >= 11 is 0. The summed E-state index contributed by atoms with van der Waals surface area (Å²) in [5, 5.41) is 2.86. The molecule has 0 saturated carbocycles. The number of hydrogen-bond acceptors (Lipinski definition) is 4. The maximum atomic E-state index is 12.1. The van der Waals surface area contributed by atoms with Crippen LogP contribution in [0.2, 0.25) is 0 Å². The number of carbonyl (C=O) groups excluding carboxylic acids is 1. The van der Waals surface area contributed by atoms with E-state index in [9.17, 15) is 4.79 Å². The highest BCUT2D eigenvalue weighted by Crippen LogP contribution is 2.26. The molecule has 1 heterocycles. The lowest BCUT2D eigenvalue weighted by Gasteiger charge is -2.15. The molecule has 2 rings (SSSR count). The normalized spacial score (nSPS) is 12.5. The van der Waals surface area contributed by atoms with Gasteiger partial charge in [0.1, 0.15) is 6.26 Å². The number of amides is 1. The average Bonchev–Trinajstić information content (AvgIpc) is 2.86. The van der Waals surface area contributed by atoms with Crippen molar-refractivity contribution in [2.75, 3.05) is 5.32 Å². The predicted octanol–water partition coefficient (Wildman–Crippen LogP) is 3.27. The minimum atomic E-state index is -0.506. The van der Waals surface area contributed by atoms with Crippen molar-refractivity contribution in [1.82, 2.24) is 4.98 Å². The molecule has 22 heavy (non-hydrogen) atoms. The van der Waals surface area contributed by atoms with Gasteiger partial charge in [0.25, 0.3) is 0 Å². The minimum absolute atomic E-state index is 0.174. The van der Waals surface area contributed by atoms with E-state index < -0.39 is 6.04 Å². The van der Waals surface area contributed by atoms with E-state index >= 15 is 0 Å². The molecule has 1 amide bonds. The van der Waals surface area contributed by atoms with Crippen LogP contribution in [0.1, 0.15) is 31.5 Å². The van der Waals surface area contributed by atoms with E-state index in [2.05, 4.69) is 10.3 Å². The van der Waals surface area contributed by atoms with Crippen LogP contribution in [0.4, 0.5) is 5.69 Å². The number of nitrogens with zero attached hydrogens (tertiary/aromatic N) is 1. The van der Waals surface area contributed by atoms with Gasteiger partial charge in [0.2, 0.25) is 11.8 Å². The van der Waals surface area contributed by atoms with Crippen LogP contribution in [0.3, 0.4) is 0 Å². The van der Waals surface area contributed by atoms with Crippen molar-refractivity contribution < 1.29 is 9.21 Å². The lowest BCUT2D eigenvalue weighted by atomic mass is 10.0. The molecule has 1 aromatic carbocycles. The zero-order valence-corrected chi connectivity index (χ0v) is 13.5. The Bertz CT molecular complexity index is 662. The molecule has 5 nitrogen and oxygen atoms in total. The second-order valence-electron chi connectivity index (χ2n) is 6.05. The molecule has 0 aliphatic carbocycles. The SMILES string of the molecule is Cc1coc(-c2cc(NC(=O)[C@@H](N)CC(C)C)ccc2C)n1. The Morgan fingerprint density at radius 1 is 1.36 bits per heavy atom. The molecule has 2 aromatic rings. The number of nitrogens with one attached hydrogen (secondary N) is 1. The number of aromatic nitrogens is 1. The highest BCUT2D eigenvalue weighted by Gasteiger charge is 2.16. The number of hydrogen-bond donors (Lipinski definition) is 2. The number of benzene rings is 1. The molecular weight excluding hydrogens is 278 g/mol. The summed E-state index contributed by atoms with van der Waals surface area (Å²) in [7, 11) is 0. The van der Waals surface area contributed by atoms with Gasteiger partial charge in [-0.25, -0.2) is 4.98 Å². The van der Waals surface area contributed by atoms with E-state index in [1.807, 2.05) is 45.9 Å². The lowest BCUT2D eigenvalue weighted by Crippen LogP contribution is -2.36. The van der Waals surface area contributed by atoms with Crippen LogP contribution in [0.25, 0.3) is 11.5 Å². The molecule has 0 spiro atoms. The number of rotatable bonds is 5. The standard InChI is InChI=1S/C17H23N3O2/c1-10(2)7-15(18)16(21)20-13-6-5-11(3)14(8-13)17-19-12(4)9-22-17/h5-6,8-10,15H,7,18H2,1-4H3,(H,20,21)/t15-/m0/s1. The van der Waals surface area contributed by atoms with Crippen LogP contribution >= 0.6 is 0 Å². The van der Waals surface area contributed by atoms with Gasteiger partial charge in [-0.05, 0) is 43.9 Å². The van der Waals surface area contributed by atoms with Gasteiger partial charge in [0, 0.05) is 11.3 Å². The predicted molar refractivity (Wildman–Crippen MR) is 87.5 cm³/mol. The summed E-state index contributed by atoms with van der Waals surface area (Å²) in [6.45, 7) is 7.94. The Morgan fingerprint density at radius 2 is 2.09 bits per heavy atom. The highest BCUT2D eigenvalue weighted by atomic mass is 16.3. The van der Waals surface area contributed by atoms with Crippen LogP contribution in [0.5, 0.6) is 0 Å². The average molecular weight is 301 g/mol. The van der Waals surface area contributed by atoms with Gasteiger partial charge in [-0.15, -0.1) is 0 Å². The van der Waals surface area contributed by atoms with E-state index in [4.69, 9.17) is 10.2 Å². The summed E-state index contributed by atoms with van der Waals surface area (Å²) in [6, 6.07) is 5.14. The largest absolute Gasteiger partial charge is 0.444 e. The first kappa shape index (κ1) is 16.2. The van der Waals surface area contributed by atoms with E-state index in [1.54, 1.807) is 6.26 Å². The molecule has 3 N–H and O–H groups in total. The molecule has 0 aliphatic rings. The fourth-order valence-corrected chi connectivity index (χ4v) is 2.26. The molecule has 0 fully saturated rings. The van der Waals surface area contributed by atoms with Crippen molar-refractivity contribution in [3.63, 3.8) is 0 Å². The quantitative estimate of drug-likeness (QED) is 0.888. The van der Waals surface area contributed by atoms with Crippen molar-refractivity contribution in [3.05, 3.63) is 35.7 Å². The Labute approximate surface area is 130 Å². The molecule has 1 atom stereocenters. The van der Waals surface area contributed by atoms with E-state index in [0.717, 1.165) is 16.8 Å². The van der Waals surface area contributed by atoms with Crippen LogP contribution in [-0.4, -0.2) is 16.9 Å². The first-order chi connectivity index (χ1) is 10.4. The van der Waals surface area contributed by atoms with Gasteiger partial charge in [0.15, 0.2) is 0 Å². The molecule has 1 aromatic heterocycles. The third-order valence-electron chi connectivity index (χ3n) is 3.42. The smallest absolute Gasteiger partial charge is 0.241 e. The third kappa shape index (κ3) is 3.95. The zero-order chi connectivity index (χ0) is 16.3. The number of nitrogens with two attached hydrogens (primary N) is 1. The molecule has 5 heteroatoms. The number of anilines is 1. The van der Waals surface area contributed by atoms with Gasteiger partial charge >= 0.3 is 0 Å². The van der Waals surface area contributed by atoms with Gasteiger partial charge in [0.05, 0.1) is 11.7 Å². The molecule has 0 unspecified atom stereocenters. The van der Waals surface area contributed by atoms with Crippen molar-refractivity contribution in [1.29, 1.82) is 0 Å². The maximum Gasteiger partial charge on any atom is 0.241 e. The Balaban J connectivity index is 2.18. The topological polar surface area (TPSA) is 81.2 Å². The molecule has 118 valence electrons. The molecule has 0 aliphatic heterocycles. The van der Waals surface area contributed by atoms with Gasteiger partial charge in [-0.2, -0.15) is 0 Å². The lowest BCUT2D eigenvalue weighted by molar-refractivity contribution is -0.117. The fraction of sp³-hybridized carbons (Fsp3) is 0.412. The van der Waals surface area contributed by atoms with Crippen molar-refractivity contribution in [2.45, 2.75) is 40.2 Å².